The molecule has 2 aliphatic rings. The van der Waals surface area contributed by atoms with E-state index in [0.29, 0.717) is 11.3 Å². The van der Waals surface area contributed by atoms with E-state index in [1.54, 1.807) is 12.1 Å². The normalized spacial score (nSPS) is 17.9. The quantitative estimate of drug-likeness (QED) is 0.0518. The lowest BCUT2D eigenvalue weighted by Gasteiger charge is -2.39. The van der Waals surface area contributed by atoms with Crippen LogP contribution in [0.1, 0.15) is 61.4 Å². The predicted octanol–water partition coefficient (Wildman–Crippen LogP) is 6.39. The van der Waals surface area contributed by atoms with E-state index in [9.17, 15) is 32.9 Å². The van der Waals surface area contributed by atoms with Crippen molar-refractivity contribution in [2.24, 2.45) is 11.1 Å². The lowest BCUT2D eigenvalue weighted by molar-refractivity contribution is -0.384. The minimum Gasteiger partial charge on any atom is -0.376 e. The van der Waals surface area contributed by atoms with Gasteiger partial charge >= 0.3 is 0 Å². The summed E-state index contributed by atoms with van der Waals surface area (Å²) in [4.78, 5) is 54.8. The highest BCUT2D eigenvalue weighted by Crippen LogP contribution is 2.42. The second-order valence-corrected chi connectivity index (χ2v) is 19.5. The molecule has 1 saturated heterocycles. The molecule has 3 atom stereocenters. The maximum Gasteiger partial charge on any atom is 0.293 e. The zero-order valence-electron chi connectivity index (χ0n) is 33.5. The fourth-order valence-corrected chi connectivity index (χ4v) is 10.1. The summed E-state index contributed by atoms with van der Waals surface area (Å²) in [6, 6.07) is 27.0. The van der Waals surface area contributed by atoms with E-state index in [-0.39, 0.29) is 42.5 Å². The number of hydrogen-bond donors (Lipinski definition) is 4. The van der Waals surface area contributed by atoms with Crippen molar-refractivity contribution in [2.45, 2.75) is 78.4 Å². The van der Waals surface area contributed by atoms with Crippen LogP contribution in [0.15, 0.2) is 118 Å². The van der Waals surface area contributed by atoms with Crippen LogP contribution < -0.4 is 21.1 Å². The maximum atomic E-state index is 14.5. The van der Waals surface area contributed by atoms with Crippen LogP contribution in [0, 0.1) is 15.5 Å². The number of thioether (sulfide) groups is 2. The molecule has 0 bridgehead atoms. The first-order chi connectivity index (χ1) is 28.7. The molecule has 14 nitrogen and oxygen atoms in total. The van der Waals surface area contributed by atoms with Crippen LogP contribution in [-0.2, 0) is 24.3 Å². The Morgan fingerprint density at radius 1 is 0.900 bits per heavy atom. The molecule has 318 valence electrons. The Hall–Kier alpha value is -4.94. The standard InChI is InChI=1S/C43H50N6O8S3/c1-43(2)21-19-30(20-22-43)29-13-15-31(16-14-29)41(51)47-60(55,56)34-17-18-35(38(25-34)49(53)54)45-37(28-59-33-11-7-4-8-12-33)42(52)48-23-24-57-26-39(48)46-36(40(44)50)27-58-32-9-5-3-6-10-32/h3-18,25,30,36-37,39,45-46H,19-24,26-28H2,1-2H3,(H2,44,50)(H,47,51)/t36-,37-,39?/m0/s1. The SMILES string of the molecule is CC1(C)CCC(c2ccc(C(=O)NS(=O)(=O)c3ccc(N[C@@H](CSc4ccccc4)C(=O)N4CCOCC4N[C@@H](CSc4ccccc4)C(N)=O)c([N+](=O)[O-])c3)cc2)CC1. The number of carbonyl (C=O) groups excluding carboxylic acids is 3. The minimum atomic E-state index is -4.55. The summed E-state index contributed by atoms with van der Waals surface area (Å²) < 4.78 is 34.7. The van der Waals surface area contributed by atoms with Gasteiger partial charge in [-0.1, -0.05) is 62.4 Å². The molecular formula is C43H50N6O8S3. The number of primary amides is 1. The van der Waals surface area contributed by atoms with E-state index in [4.69, 9.17) is 10.5 Å². The summed E-state index contributed by atoms with van der Waals surface area (Å²) in [6.07, 6.45) is 3.51. The Bertz CT molecular complexity index is 2240. The molecule has 1 aliphatic carbocycles. The largest absolute Gasteiger partial charge is 0.376 e. The summed E-state index contributed by atoms with van der Waals surface area (Å²) in [5.74, 6) is -1.13. The number of nitrogens with two attached hydrogens (primary N) is 1. The van der Waals surface area contributed by atoms with Gasteiger partial charge in [0.15, 0.2) is 0 Å². The van der Waals surface area contributed by atoms with Crippen molar-refractivity contribution in [1.29, 1.82) is 0 Å². The number of carbonyl (C=O) groups is 3. The number of anilines is 1. The van der Waals surface area contributed by atoms with Crippen molar-refractivity contribution >= 4 is 62.6 Å². The summed E-state index contributed by atoms with van der Waals surface area (Å²) >= 11 is 2.78. The number of amides is 3. The maximum absolute atomic E-state index is 14.5. The number of nitro benzene ring substituents is 1. The Morgan fingerprint density at radius 3 is 2.08 bits per heavy atom. The molecule has 0 spiro atoms. The monoisotopic (exact) mass is 874 g/mol. The number of hydrogen-bond acceptors (Lipinski definition) is 12. The number of benzene rings is 4. The number of nitrogens with one attached hydrogen (secondary N) is 3. The molecule has 1 heterocycles. The molecule has 1 aliphatic heterocycles. The molecular weight excluding hydrogens is 825 g/mol. The molecule has 0 radical (unpaired) electrons. The minimum absolute atomic E-state index is 0.0612. The van der Waals surface area contributed by atoms with Crippen LogP contribution >= 0.6 is 23.5 Å². The number of ether oxygens (including phenoxy) is 1. The molecule has 6 rings (SSSR count). The third-order valence-electron chi connectivity index (χ3n) is 10.8. The van der Waals surface area contributed by atoms with Crippen LogP contribution in [0.25, 0.3) is 0 Å². The summed E-state index contributed by atoms with van der Waals surface area (Å²) in [5, 5.41) is 18.7. The van der Waals surface area contributed by atoms with Gasteiger partial charge in [0, 0.05) is 39.5 Å². The highest BCUT2D eigenvalue weighted by molar-refractivity contribution is 7.99. The van der Waals surface area contributed by atoms with Crippen molar-refractivity contribution < 1.29 is 32.5 Å². The molecule has 3 amide bonds. The lowest BCUT2D eigenvalue weighted by atomic mass is 9.71. The smallest absolute Gasteiger partial charge is 0.293 e. The van der Waals surface area contributed by atoms with Crippen molar-refractivity contribution in [3.8, 4) is 0 Å². The first-order valence-corrected chi connectivity index (χ1v) is 23.2. The van der Waals surface area contributed by atoms with E-state index in [1.807, 2.05) is 77.5 Å². The Morgan fingerprint density at radius 2 is 1.50 bits per heavy atom. The summed E-state index contributed by atoms with van der Waals surface area (Å²) in [7, 11) is -4.55. The Balaban J connectivity index is 1.19. The molecule has 1 saturated carbocycles. The third kappa shape index (κ3) is 11.9. The molecule has 4 aromatic rings. The summed E-state index contributed by atoms with van der Waals surface area (Å²) in [5.41, 5.74) is 6.61. The van der Waals surface area contributed by atoms with E-state index < -0.39 is 61.5 Å². The summed E-state index contributed by atoms with van der Waals surface area (Å²) in [6.45, 7) is 4.95. The van der Waals surface area contributed by atoms with E-state index in [2.05, 4.69) is 24.5 Å². The van der Waals surface area contributed by atoms with Gasteiger partial charge in [0.05, 0.1) is 29.1 Å². The fourth-order valence-electron chi connectivity index (χ4n) is 7.24. The molecule has 4 aromatic carbocycles. The van der Waals surface area contributed by atoms with Gasteiger partial charge in [0.1, 0.15) is 17.9 Å². The zero-order chi connectivity index (χ0) is 42.9. The van der Waals surface area contributed by atoms with Crippen molar-refractivity contribution in [2.75, 3.05) is 36.6 Å². The highest BCUT2D eigenvalue weighted by atomic mass is 32.2. The first kappa shape index (κ1) is 44.6. The van der Waals surface area contributed by atoms with Gasteiger partial charge in [0.25, 0.3) is 21.6 Å². The number of nitro groups is 1. The second-order valence-electron chi connectivity index (χ2n) is 15.6. The first-order valence-electron chi connectivity index (χ1n) is 19.7. The fraction of sp³-hybridized carbons (Fsp3) is 0.372. The van der Waals surface area contributed by atoms with Crippen molar-refractivity contribution in [1.82, 2.24) is 14.9 Å². The second kappa shape index (κ2) is 20.1. The topological polar surface area (TPSA) is 203 Å². The van der Waals surface area contributed by atoms with Gasteiger partial charge in [-0.15, -0.1) is 23.5 Å². The van der Waals surface area contributed by atoms with Gasteiger partial charge in [-0.25, -0.2) is 13.1 Å². The molecule has 1 unspecified atom stereocenters. The van der Waals surface area contributed by atoms with E-state index >= 15 is 0 Å². The Kier molecular flexibility index (Phi) is 14.9. The Labute approximate surface area is 359 Å². The van der Waals surface area contributed by atoms with E-state index in [1.165, 1.54) is 34.5 Å². The van der Waals surface area contributed by atoms with Crippen LogP contribution in [-0.4, -0.2) is 85.5 Å². The number of rotatable bonds is 17. The van der Waals surface area contributed by atoms with Crippen LogP contribution in [0.3, 0.4) is 0 Å². The average molecular weight is 875 g/mol. The van der Waals surface area contributed by atoms with E-state index in [0.717, 1.165) is 53.2 Å². The van der Waals surface area contributed by atoms with Gasteiger partial charge in [0.2, 0.25) is 11.8 Å². The van der Waals surface area contributed by atoms with Crippen molar-refractivity contribution in [3.05, 3.63) is 124 Å². The van der Waals surface area contributed by atoms with Crippen molar-refractivity contribution in [3.63, 3.8) is 0 Å². The zero-order valence-corrected chi connectivity index (χ0v) is 35.9. The number of sulfonamides is 1. The molecule has 0 aromatic heterocycles. The van der Waals surface area contributed by atoms with Gasteiger partial charge in [-0.05, 0) is 91.1 Å². The number of morpholine rings is 1. The lowest BCUT2D eigenvalue weighted by Crippen LogP contribution is -2.63. The van der Waals surface area contributed by atoms with Crippen LogP contribution in [0.2, 0.25) is 0 Å². The van der Waals surface area contributed by atoms with Crippen LogP contribution in [0.5, 0.6) is 0 Å². The van der Waals surface area contributed by atoms with Crippen LogP contribution in [0.4, 0.5) is 11.4 Å². The molecule has 2 fully saturated rings. The van der Waals surface area contributed by atoms with Gasteiger partial charge in [-0.3, -0.25) is 29.8 Å². The number of nitrogens with zero attached hydrogens (tertiary/aromatic N) is 2. The molecule has 60 heavy (non-hydrogen) atoms. The highest BCUT2D eigenvalue weighted by Gasteiger charge is 2.36. The van der Waals surface area contributed by atoms with Gasteiger partial charge in [-0.2, -0.15) is 0 Å². The third-order valence-corrected chi connectivity index (χ3v) is 14.3. The average Bonchev–Trinajstić information content (AvgIpc) is 3.24. The molecule has 17 heteroatoms. The van der Waals surface area contributed by atoms with Gasteiger partial charge < -0.3 is 20.7 Å². The molecule has 5 N–H and O–H groups in total. The predicted molar refractivity (Wildman–Crippen MR) is 233 cm³/mol.